The van der Waals surface area contributed by atoms with Crippen molar-refractivity contribution in [2.75, 3.05) is 6.54 Å². The Hall–Kier alpha value is -0.655. The normalized spacial score (nSPS) is 18.0. The molecular formula is C5H8BN. The molecule has 0 amide bonds. The molecule has 1 heterocycles. The molecule has 0 aromatic heterocycles. The number of nitrogens with one attached hydrogen (secondary N) is 1. The van der Waals surface area contributed by atoms with Gasteiger partial charge in [0.1, 0.15) is 7.85 Å². The molecule has 0 atom stereocenters. The quantitative estimate of drug-likeness (QED) is 0.402. The molecule has 0 unspecified atom stereocenters. The van der Waals surface area contributed by atoms with Gasteiger partial charge in [-0.1, -0.05) is 11.5 Å². The van der Waals surface area contributed by atoms with Gasteiger partial charge in [-0.3, -0.25) is 0 Å². The highest BCUT2D eigenvalue weighted by Gasteiger charge is 1.86. The third-order valence-corrected chi connectivity index (χ3v) is 0.976. The van der Waals surface area contributed by atoms with E-state index in [1.807, 2.05) is 12.3 Å². The van der Waals surface area contributed by atoms with Gasteiger partial charge in [0.05, 0.1) is 0 Å². The van der Waals surface area contributed by atoms with Crippen LogP contribution in [-0.2, 0) is 0 Å². The van der Waals surface area contributed by atoms with E-state index in [-0.39, 0.29) is 0 Å². The van der Waals surface area contributed by atoms with Gasteiger partial charge in [0, 0.05) is 6.54 Å². The Morgan fingerprint density at radius 1 is 1.71 bits per heavy atom. The first kappa shape index (κ1) is 4.50. The van der Waals surface area contributed by atoms with E-state index in [4.69, 9.17) is 0 Å². The topological polar surface area (TPSA) is 12.0 Å². The predicted octanol–water partition coefficient (Wildman–Crippen LogP) is -0.380. The maximum atomic E-state index is 3.09. The summed E-state index contributed by atoms with van der Waals surface area (Å²) >= 11 is 0. The average molecular weight is 92.9 g/mol. The van der Waals surface area contributed by atoms with Crippen LogP contribution in [0.4, 0.5) is 0 Å². The first-order valence-corrected chi connectivity index (χ1v) is 2.45. The van der Waals surface area contributed by atoms with Crippen LogP contribution in [0.5, 0.6) is 0 Å². The van der Waals surface area contributed by atoms with Crippen LogP contribution in [0.25, 0.3) is 0 Å². The van der Waals surface area contributed by atoms with E-state index < -0.39 is 0 Å². The maximum Gasteiger partial charge on any atom is 0.136 e. The summed E-state index contributed by atoms with van der Waals surface area (Å²) in [5, 5.41) is 3.09. The van der Waals surface area contributed by atoms with Crippen LogP contribution in [0.1, 0.15) is 0 Å². The second-order valence-corrected chi connectivity index (χ2v) is 1.75. The Bertz CT molecular complexity index is 115. The SMILES string of the molecule is BC1=CC=CNC1. The lowest BCUT2D eigenvalue weighted by molar-refractivity contribution is 0.958. The standard InChI is InChI=1S/C5H8BN/c6-5-2-1-3-7-4-5/h1-3,7H,4,6H2. The van der Waals surface area contributed by atoms with Crippen LogP contribution < -0.4 is 5.32 Å². The number of allylic oxidation sites excluding steroid dienone is 2. The fourth-order valence-corrected chi connectivity index (χ4v) is 0.559. The first-order chi connectivity index (χ1) is 3.39. The Morgan fingerprint density at radius 2 is 2.57 bits per heavy atom. The molecule has 1 N–H and O–H groups in total. The zero-order valence-corrected chi connectivity index (χ0v) is 4.44. The predicted molar refractivity (Wildman–Crippen MR) is 33.8 cm³/mol. The molecule has 0 bridgehead atoms. The lowest BCUT2D eigenvalue weighted by atomic mass is 9.94. The third kappa shape index (κ3) is 1.11. The van der Waals surface area contributed by atoms with Gasteiger partial charge in [0.25, 0.3) is 0 Å². The fourth-order valence-electron chi connectivity index (χ4n) is 0.559. The molecule has 0 saturated heterocycles. The van der Waals surface area contributed by atoms with Crippen molar-refractivity contribution in [1.29, 1.82) is 0 Å². The number of hydrogen-bond donors (Lipinski definition) is 1. The van der Waals surface area contributed by atoms with Crippen molar-refractivity contribution in [2.24, 2.45) is 0 Å². The summed E-state index contributed by atoms with van der Waals surface area (Å²) in [7, 11) is 2.11. The molecule has 1 nitrogen and oxygen atoms in total. The molecule has 7 heavy (non-hydrogen) atoms. The van der Waals surface area contributed by atoms with Gasteiger partial charge in [0.2, 0.25) is 0 Å². The van der Waals surface area contributed by atoms with Crippen LogP contribution in [0.3, 0.4) is 0 Å². The Morgan fingerprint density at radius 3 is 2.86 bits per heavy atom. The van der Waals surface area contributed by atoms with E-state index in [2.05, 4.69) is 19.2 Å². The minimum absolute atomic E-state index is 1.01. The first-order valence-electron chi connectivity index (χ1n) is 2.45. The molecule has 0 spiro atoms. The van der Waals surface area contributed by atoms with E-state index in [1.165, 1.54) is 5.47 Å². The number of hydrogen-bond acceptors (Lipinski definition) is 1. The lowest BCUT2D eigenvalue weighted by Gasteiger charge is -2.03. The second-order valence-electron chi connectivity index (χ2n) is 1.75. The van der Waals surface area contributed by atoms with Crippen molar-refractivity contribution >= 4 is 7.85 Å². The molecule has 0 aromatic carbocycles. The zero-order chi connectivity index (χ0) is 5.11. The molecule has 0 saturated carbocycles. The maximum absolute atomic E-state index is 3.09. The average Bonchev–Trinajstić information content (AvgIpc) is 1.69. The monoisotopic (exact) mass is 93.1 g/mol. The van der Waals surface area contributed by atoms with E-state index in [1.54, 1.807) is 0 Å². The van der Waals surface area contributed by atoms with E-state index >= 15 is 0 Å². The van der Waals surface area contributed by atoms with Gasteiger partial charge >= 0.3 is 0 Å². The summed E-state index contributed by atoms with van der Waals surface area (Å²) in [6.07, 6.45) is 6.07. The van der Waals surface area contributed by atoms with Crippen molar-refractivity contribution in [2.45, 2.75) is 0 Å². The van der Waals surface area contributed by atoms with Gasteiger partial charge in [-0.2, -0.15) is 0 Å². The highest BCUT2D eigenvalue weighted by Crippen LogP contribution is 1.89. The molecule has 0 aromatic rings. The zero-order valence-electron chi connectivity index (χ0n) is 4.44. The fraction of sp³-hybridized carbons (Fsp3) is 0.200. The van der Waals surface area contributed by atoms with Crippen LogP contribution in [0.15, 0.2) is 23.8 Å². The minimum atomic E-state index is 1.01. The Labute approximate surface area is 44.5 Å². The van der Waals surface area contributed by atoms with Crippen molar-refractivity contribution in [1.82, 2.24) is 5.32 Å². The highest BCUT2D eigenvalue weighted by molar-refractivity contribution is 6.22. The highest BCUT2D eigenvalue weighted by atomic mass is 14.8. The van der Waals surface area contributed by atoms with Gasteiger partial charge in [-0.15, -0.1) is 0 Å². The van der Waals surface area contributed by atoms with Gasteiger partial charge in [-0.25, -0.2) is 0 Å². The van der Waals surface area contributed by atoms with Gasteiger partial charge in [0.15, 0.2) is 0 Å². The minimum Gasteiger partial charge on any atom is -0.388 e. The molecule has 0 radical (unpaired) electrons. The van der Waals surface area contributed by atoms with Gasteiger partial charge < -0.3 is 5.32 Å². The summed E-state index contributed by atoms with van der Waals surface area (Å²) < 4.78 is 0. The van der Waals surface area contributed by atoms with E-state index in [0.29, 0.717) is 0 Å². The molecule has 0 aliphatic carbocycles. The summed E-state index contributed by atoms with van der Waals surface area (Å²) in [5.74, 6) is 0. The van der Waals surface area contributed by atoms with Crippen LogP contribution in [-0.4, -0.2) is 14.4 Å². The van der Waals surface area contributed by atoms with E-state index in [9.17, 15) is 0 Å². The molecule has 1 rings (SSSR count). The Balaban J connectivity index is 2.57. The molecule has 1 aliphatic rings. The van der Waals surface area contributed by atoms with Crippen molar-refractivity contribution in [3.63, 3.8) is 0 Å². The molecular weight excluding hydrogens is 84.9 g/mol. The van der Waals surface area contributed by atoms with Crippen molar-refractivity contribution < 1.29 is 0 Å². The molecule has 0 fully saturated rings. The summed E-state index contributed by atoms with van der Waals surface area (Å²) in [5.41, 5.74) is 1.39. The summed E-state index contributed by atoms with van der Waals surface area (Å²) in [6.45, 7) is 1.01. The van der Waals surface area contributed by atoms with Crippen molar-refractivity contribution in [3.05, 3.63) is 23.8 Å². The number of dihydropyridines is 1. The van der Waals surface area contributed by atoms with Crippen LogP contribution in [0.2, 0.25) is 0 Å². The van der Waals surface area contributed by atoms with Crippen LogP contribution >= 0.6 is 0 Å². The second kappa shape index (κ2) is 1.87. The number of rotatable bonds is 0. The van der Waals surface area contributed by atoms with Crippen LogP contribution in [0, 0.1) is 0 Å². The Kier molecular flexibility index (Phi) is 1.20. The lowest BCUT2D eigenvalue weighted by Crippen LogP contribution is -2.11. The van der Waals surface area contributed by atoms with Gasteiger partial charge in [-0.05, 0) is 12.3 Å². The summed E-state index contributed by atoms with van der Waals surface area (Å²) in [6, 6.07) is 0. The third-order valence-electron chi connectivity index (χ3n) is 0.976. The van der Waals surface area contributed by atoms with E-state index in [0.717, 1.165) is 6.54 Å². The van der Waals surface area contributed by atoms with Crippen molar-refractivity contribution in [3.8, 4) is 0 Å². The smallest absolute Gasteiger partial charge is 0.136 e. The summed E-state index contributed by atoms with van der Waals surface area (Å²) in [4.78, 5) is 0. The largest absolute Gasteiger partial charge is 0.388 e. The molecule has 36 valence electrons. The molecule has 1 aliphatic heterocycles. The molecule has 2 heteroatoms.